The van der Waals surface area contributed by atoms with Gasteiger partial charge in [0, 0.05) is 11.6 Å². The normalized spacial score (nSPS) is 20.6. The molecule has 2 unspecified atom stereocenters. The summed E-state index contributed by atoms with van der Waals surface area (Å²) in [5, 5.41) is 0. The highest BCUT2D eigenvalue weighted by atomic mass is 32.2. The zero-order valence-electron chi connectivity index (χ0n) is 20.8. The van der Waals surface area contributed by atoms with Crippen LogP contribution >= 0.6 is 0 Å². The van der Waals surface area contributed by atoms with Crippen LogP contribution in [0.5, 0.6) is 0 Å². The molecule has 2 atom stereocenters. The molecule has 0 amide bonds. The van der Waals surface area contributed by atoms with Gasteiger partial charge >= 0.3 is 0 Å². The first kappa shape index (κ1) is 25.5. The molecule has 0 spiro atoms. The molecule has 2 aromatic carbocycles. The average Bonchev–Trinajstić information content (AvgIpc) is 3.34. The summed E-state index contributed by atoms with van der Waals surface area (Å²) in [7, 11) is -3.44. The van der Waals surface area contributed by atoms with Crippen molar-refractivity contribution in [3.05, 3.63) is 89.0 Å². The highest BCUT2D eigenvalue weighted by molar-refractivity contribution is 7.89. The SMILES string of the molecule is CC(=CCC/C(C)=C/CCc1ccccc1)CCC1N(S(=O)(=O)c2ccc(C)cc2)C1(C)C. The topological polar surface area (TPSA) is 37.1 Å². The molecule has 2 aromatic rings. The summed E-state index contributed by atoms with van der Waals surface area (Å²) in [6.45, 7) is 10.4. The fourth-order valence-corrected chi connectivity index (χ4v) is 6.65. The molecule has 4 heteroatoms. The maximum atomic E-state index is 13.1. The van der Waals surface area contributed by atoms with Crippen LogP contribution < -0.4 is 0 Å². The van der Waals surface area contributed by atoms with Crippen molar-refractivity contribution in [2.75, 3.05) is 0 Å². The highest BCUT2D eigenvalue weighted by Crippen LogP contribution is 2.48. The molecule has 33 heavy (non-hydrogen) atoms. The zero-order chi connectivity index (χ0) is 24.1. The second-order valence-corrected chi connectivity index (χ2v) is 11.8. The molecular formula is C29H39NO2S. The lowest BCUT2D eigenvalue weighted by atomic mass is 10.0. The number of benzene rings is 2. The Kier molecular flexibility index (Phi) is 8.36. The van der Waals surface area contributed by atoms with Crippen molar-refractivity contribution in [3.8, 4) is 0 Å². The summed E-state index contributed by atoms with van der Waals surface area (Å²) in [5.74, 6) is 0. The van der Waals surface area contributed by atoms with Crippen molar-refractivity contribution in [2.45, 2.75) is 89.6 Å². The Morgan fingerprint density at radius 2 is 1.52 bits per heavy atom. The third-order valence-electron chi connectivity index (χ3n) is 6.79. The van der Waals surface area contributed by atoms with Crippen molar-refractivity contribution in [1.29, 1.82) is 0 Å². The molecule has 178 valence electrons. The lowest BCUT2D eigenvalue weighted by Gasteiger charge is -2.09. The summed E-state index contributed by atoms with van der Waals surface area (Å²) in [6, 6.07) is 17.9. The second kappa shape index (κ2) is 10.8. The first-order valence-electron chi connectivity index (χ1n) is 12.1. The molecule has 3 rings (SSSR count). The molecule has 1 aliphatic heterocycles. The van der Waals surface area contributed by atoms with E-state index in [4.69, 9.17) is 0 Å². The molecule has 0 aliphatic carbocycles. The molecule has 0 saturated carbocycles. The zero-order valence-corrected chi connectivity index (χ0v) is 21.7. The molecule has 0 aromatic heterocycles. The molecule has 0 N–H and O–H groups in total. The van der Waals surface area contributed by atoms with Crippen LogP contribution in [-0.4, -0.2) is 24.3 Å². The van der Waals surface area contributed by atoms with E-state index in [-0.39, 0.29) is 11.6 Å². The third-order valence-corrected chi connectivity index (χ3v) is 8.90. The van der Waals surface area contributed by atoms with Gasteiger partial charge in [-0.1, -0.05) is 71.3 Å². The molecular weight excluding hydrogens is 426 g/mol. The Balaban J connectivity index is 1.45. The van der Waals surface area contributed by atoms with E-state index in [0.717, 1.165) is 44.1 Å². The minimum absolute atomic E-state index is 0.0618. The van der Waals surface area contributed by atoms with Crippen LogP contribution in [0.3, 0.4) is 0 Å². The summed E-state index contributed by atoms with van der Waals surface area (Å²) in [5.41, 5.74) is 4.93. The van der Waals surface area contributed by atoms with E-state index in [1.165, 1.54) is 16.7 Å². The van der Waals surface area contributed by atoms with Gasteiger partial charge in [0.2, 0.25) is 10.0 Å². The standard InChI is InChI=1S/C29H39NO2S/c1-23(13-10-16-26-14-7-6-8-15-26)11-9-12-24(2)19-22-28-29(4,5)30(28)33(31,32)27-20-17-25(3)18-21-27/h6-8,12-15,17-18,20-21,28H,9-11,16,19,22H2,1-5H3/b23-13+,24-12?. The van der Waals surface area contributed by atoms with Crippen molar-refractivity contribution in [2.24, 2.45) is 0 Å². The Hall–Kier alpha value is -2.17. The van der Waals surface area contributed by atoms with Crippen LogP contribution in [0.15, 0.2) is 82.8 Å². The number of sulfonamides is 1. The van der Waals surface area contributed by atoms with Crippen LogP contribution in [0, 0.1) is 6.92 Å². The Bertz CT molecular complexity index is 1080. The van der Waals surface area contributed by atoms with E-state index in [9.17, 15) is 8.42 Å². The van der Waals surface area contributed by atoms with E-state index in [1.54, 1.807) is 16.4 Å². The highest BCUT2D eigenvalue weighted by Gasteiger charge is 2.61. The number of rotatable bonds is 11. The molecule has 1 saturated heterocycles. The minimum atomic E-state index is -3.44. The predicted molar refractivity (Wildman–Crippen MR) is 139 cm³/mol. The number of aryl methyl sites for hydroxylation is 2. The predicted octanol–water partition coefficient (Wildman–Crippen LogP) is 7.23. The van der Waals surface area contributed by atoms with Crippen LogP contribution in [-0.2, 0) is 16.4 Å². The van der Waals surface area contributed by atoms with Crippen molar-refractivity contribution in [1.82, 2.24) is 4.31 Å². The van der Waals surface area contributed by atoms with Crippen molar-refractivity contribution < 1.29 is 8.42 Å². The fourth-order valence-electron chi connectivity index (χ4n) is 4.55. The van der Waals surface area contributed by atoms with E-state index in [0.29, 0.717) is 4.90 Å². The Morgan fingerprint density at radius 3 is 2.18 bits per heavy atom. The van der Waals surface area contributed by atoms with Crippen molar-refractivity contribution >= 4 is 10.0 Å². The van der Waals surface area contributed by atoms with Gasteiger partial charge in [0.25, 0.3) is 0 Å². The van der Waals surface area contributed by atoms with Gasteiger partial charge in [0.1, 0.15) is 0 Å². The van der Waals surface area contributed by atoms with Gasteiger partial charge in [-0.3, -0.25) is 0 Å². The lowest BCUT2D eigenvalue weighted by Crippen LogP contribution is -2.18. The van der Waals surface area contributed by atoms with Gasteiger partial charge in [0.15, 0.2) is 0 Å². The molecule has 1 heterocycles. The first-order valence-corrected chi connectivity index (χ1v) is 13.5. The maximum absolute atomic E-state index is 13.1. The molecule has 3 nitrogen and oxygen atoms in total. The summed E-state index contributed by atoms with van der Waals surface area (Å²) in [6.07, 6.45) is 10.8. The molecule has 0 radical (unpaired) electrons. The van der Waals surface area contributed by atoms with Crippen molar-refractivity contribution in [3.63, 3.8) is 0 Å². The number of hydrogen-bond acceptors (Lipinski definition) is 2. The number of hydrogen-bond donors (Lipinski definition) is 0. The van der Waals surface area contributed by atoms with Gasteiger partial charge in [-0.25, -0.2) is 8.42 Å². The largest absolute Gasteiger partial charge is 0.243 e. The average molecular weight is 466 g/mol. The van der Waals surface area contributed by atoms with E-state index in [2.05, 4.69) is 56.3 Å². The quantitative estimate of drug-likeness (QED) is 0.259. The second-order valence-electron chi connectivity index (χ2n) is 9.99. The van der Waals surface area contributed by atoms with E-state index < -0.39 is 10.0 Å². The van der Waals surface area contributed by atoms with Crippen LogP contribution in [0.4, 0.5) is 0 Å². The minimum Gasteiger partial charge on any atom is -0.207 e. The number of allylic oxidation sites excluding steroid dienone is 4. The van der Waals surface area contributed by atoms with Crippen LogP contribution in [0.1, 0.15) is 70.9 Å². The molecule has 1 aliphatic rings. The molecule has 1 fully saturated rings. The molecule has 0 bridgehead atoms. The third kappa shape index (κ3) is 6.68. The Morgan fingerprint density at radius 1 is 0.909 bits per heavy atom. The van der Waals surface area contributed by atoms with Gasteiger partial charge in [-0.15, -0.1) is 0 Å². The first-order chi connectivity index (χ1) is 15.6. The van der Waals surface area contributed by atoms with Gasteiger partial charge in [0.05, 0.1) is 4.90 Å². The van der Waals surface area contributed by atoms with E-state index in [1.807, 2.05) is 32.9 Å². The fraction of sp³-hybridized carbons (Fsp3) is 0.448. The summed E-state index contributed by atoms with van der Waals surface area (Å²) < 4.78 is 27.9. The summed E-state index contributed by atoms with van der Waals surface area (Å²) in [4.78, 5) is 0.394. The monoisotopic (exact) mass is 465 g/mol. The number of nitrogens with zero attached hydrogens (tertiary/aromatic N) is 1. The van der Waals surface area contributed by atoms with E-state index >= 15 is 0 Å². The van der Waals surface area contributed by atoms with Crippen LogP contribution in [0.25, 0.3) is 0 Å². The van der Waals surface area contributed by atoms with Gasteiger partial charge in [-0.2, -0.15) is 4.31 Å². The van der Waals surface area contributed by atoms with Gasteiger partial charge in [-0.05, 0) is 90.8 Å². The van der Waals surface area contributed by atoms with Gasteiger partial charge < -0.3 is 0 Å². The maximum Gasteiger partial charge on any atom is 0.243 e. The lowest BCUT2D eigenvalue weighted by molar-refractivity contribution is 0.525. The summed E-state index contributed by atoms with van der Waals surface area (Å²) >= 11 is 0. The Labute approximate surface area is 201 Å². The smallest absolute Gasteiger partial charge is 0.207 e. The van der Waals surface area contributed by atoms with Crippen LogP contribution in [0.2, 0.25) is 0 Å².